The zero-order valence-electron chi connectivity index (χ0n) is 9.85. The minimum atomic E-state index is 0.474. The Morgan fingerprint density at radius 2 is 2.05 bits per heavy atom. The van der Waals surface area contributed by atoms with Crippen LogP contribution in [0.25, 0.3) is 5.69 Å². The fourth-order valence-electron chi connectivity index (χ4n) is 2.12. The van der Waals surface area contributed by atoms with Crippen LogP contribution in [0.2, 0.25) is 10.0 Å². The second-order valence-corrected chi connectivity index (χ2v) is 5.12. The molecule has 1 aliphatic carbocycles. The Morgan fingerprint density at radius 1 is 1.21 bits per heavy atom. The Kier molecular flexibility index (Phi) is 3.16. The van der Waals surface area contributed by atoms with Crippen molar-refractivity contribution in [1.82, 2.24) is 15.0 Å². The Labute approximate surface area is 119 Å². The van der Waals surface area contributed by atoms with Gasteiger partial charge < -0.3 is 5.21 Å². The third-order valence-electron chi connectivity index (χ3n) is 3.03. The molecule has 1 aliphatic rings. The van der Waals surface area contributed by atoms with Gasteiger partial charge in [0, 0.05) is 5.02 Å². The molecule has 0 spiro atoms. The lowest BCUT2D eigenvalue weighted by Gasteiger charge is -2.07. The first-order chi connectivity index (χ1) is 9.19. The van der Waals surface area contributed by atoms with Gasteiger partial charge >= 0.3 is 0 Å². The summed E-state index contributed by atoms with van der Waals surface area (Å²) in [5, 5.41) is 22.0. The molecule has 0 bridgehead atoms. The van der Waals surface area contributed by atoms with E-state index in [4.69, 9.17) is 28.4 Å². The van der Waals surface area contributed by atoms with E-state index in [2.05, 4.69) is 15.4 Å². The smallest absolute Gasteiger partial charge is 0.134 e. The second-order valence-electron chi connectivity index (χ2n) is 4.28. The molecule has 0 radical (unpaired) electrons. The highest BCUT2D eigenvalue weighted by molar-refractivity contribution is 6.35. The maximum Gasteiger partial charge on any atom is 0.134 e. The van der Waals surface area contributed by atoms with Gasteiger partial charge in [-0.2, -0.15) is 5.10 Å². The molecular formula is C12H10Cl2N4O. The lowest BCUT2D eigenvalue weighted by molar-refractivity contribution is 0.317. The largest absolute Gasteiger partial charge is 0.411 e. The number of oxime groups is 1. The molecule has 3 rings (SSSR count). The van der Waals surface area contributed by atoms with Crippen LogP contribution in [0, 0.1) is 0 Å². The minimum Gasteiger partial charge on any atom is -0.411 e. The van der Waals surface area contributed by atoms with Crippen LogP contribution in [0.4, 0.5) is 0 Å². The third-order valence-corrected chi connectivity index (χ3v) is 3.57. The van der Waals surface area contributed by atoms with E-state index < -0.39 is 0 Å². The average Bonchev–Trinajstić information content (AvgIpc) is 2.81. The van der Waals surface area contributed by atoms with Gasteiger partial charge in [0.05, 0.1) is 10.7 Å². The minimum absolute atomic E-state index is 0.474. The number of aryl methyl sites for hydroxylation is 1. The molecule has 0 unspecified atom stereocenters. The fourth-order valence-corrected chi connectivity index (χ4v) is 2.60. The zero-order valence-corrected chi connectivity index (χ0v) is 11.4. The van der Waals surface area contributed by atoms with Gasteiger partial charge in [0.15, 0.2) is 0 Å². The van der Waals surface area contributed by atoms with E-state index in [1.807, 2.05) is 0 Å². The standard InChI is InChI=1S/C12H10Cl2N4O/c13-7-4-5-11(8(14)6-7)18-15-9-2-1-3-10(17-19)12(9)16-18/h4-6,19H,1-3H2. The van der Waals surface area contributed by atoms with Crippen LogP contribution in [0.15, 0.2) is 23.4 Å². The highest BCUT2D eigenvalue weighted by Crippen LogP contribution is 2.25. The van der Waals surface area contributed by atoms with Gasteiger partial charge in [-0.05, 0) is 37.5 Å². The SMILES string of the molecule is ON=C1CCCc2nn(-c3ccc(Cl)cc3Cl)nc21. The van der Waals surface area contributed by atoms with Gasteiger partial charge in [-0.3, -0.25) is 0 Å². The molecule has 0 atom stereocenters. The molecular weight excluding hydrogens is 287 g/mol. The molecule has 0 aliphatic heterocycles. The maximum atomic E-state index is 8.98. The predicted octanol–water partition coefficient (Wildman–Crippen LogP) is 3.09. The monoisotopic (exact) mass is 296 g/mol. The number of fused-ring (bicyclic) bond motifs is 1. The highest BCUT2D eigenvalue weighted by Gasteiger charge is 2.22. The summed E-state index contributed by atoms with van der Waals surface area (Å²) in [4.78, 5) is 1.46. The molecule has 1 N–H and O–H groups in total. The van der Waals surface area contributed by atoms with Gasteiger partial charge in [0.25, 0.3) is 0 Å². The lowest BCUT2D eigenvalue weighted by Crippen LogP contribution is -2.11. The van der Waals surface area contributed by atoms with Crippen LogP contribution < -0.4 is 0 Å². The van der Waals surface area contributed by atoms with E-state index in [1.54, 1.807) is 18.2 Å². The fraction of sp³-hybridized carbons (Fsp3) is 0.250. The summed E-state index contributed by atoms with van der Waals surface area (Å²) in [5.41, 5.74) is 2.68. The van der Waals surface area contributed by atoms with Crippen LogP contribution in [0.1, 0.15) is 24.2 Å². The van der Waals surface area contributed by atoms with Crippen LogP contribution in [0.3, 0.4) is 0 Å². The Morgan fingerprint density at radius 3 is 2.79 bits per heavy atom. The number of benzene rings is 1. The molecule has 0 saturated heterocycles. The van der Waals surface area contributed by atoms with Crippen molar-refractivity contribution >= 4 is 28.9 Å². The zero-order chi connectivity index (χ0) is 13.4. The van der Waals surface area contributed by atoms with E-state index in [1.165, 1.54) is 4.80 Å². The van der Waals surface area contributed by atoms with Crippen molar-refractivity contribution < 1.29 is 5.21 Å². The predicted molar refractivity (Wildman–Crippen MR) is 72.6 cm³/mol. The van der Waals surface area contributed by atoms with Gasteiger partial charge in [-0.1, -0.05) is 28.4 Å². The molecule has 1 heterocycles. The second kappa shape index (κ2) is 4.83. The third kappa shape index (κ3) is 2.19. The van der Waals surface area contributed by atoms with E-state index in [0.29, 0.717) is 33.6 Å². The topological polar surface area (TPSA) is 63.3 Å². The summed E-state index contributed by atoms with van der Waals surface area (Å²) < 4.78 is 0. The number of aromatic nitrogens is 3. The quantitative estimate of drug-likeness (QED) is 0.650. The number of hydrogen-bond donors (Lipinski definition) is 1. The van der Waals surface area contributed by atoms with Crippen molar-refractivity contribution in [3.8, 4) is 5.69 Å². The average molecular weight is 297 g/mol. The lowest BCUT2D eigenvalue weighted by atomic mass is 9.99. The molecule has 5 nitrogen and oxygen atoms in total. The van der Waals surface area contributed by atoms with Crippen molar-refractivity contribution in [2.45, 2.75) is 19.3 Å². The van der Waals surface area contributed by atoms with Crippen molar-refractivity contribution in [3.05, 3.63) is 39.6 Å². The molecule has 0 fully saturated rings. The Hall–Kier alpha value is -1.59. The number of hydrogen-bond acceptors (Lipinski definition) is 4. The van der Waals surface area contributed by atoms with Crippen molar-refractivity contribution in [3.63, 3.8) is 0 Å². The summed E-state index contributed by atoms with van der Waals surface area (Å²) >= 11 is 12.0. The molecule has 0 saturated carbocycles. The highest BCUT2D eigenvalue weighted by atomic mass is 35.5. The van der Waals surface area contributed by atoms with E-state index >= 15 is 0 Å². The summed E-state index contributed by atoms with van der Waals surface area (Å²) in [6, 6.07) is 5.12. The molecule has 7 heteroatoms. The first-order valence-corrected chi connectivity index (χ1v) is 6.57. The Bertz CT molecular complexity index is 666. The Balaban J connectivity index is 2.10. The summed E-state index contributed by atoms with van der Waals surface area (Å²) in [6.07, 6.45) is 2.43. The summed E-state index contributed by atoms with van der Waals surface area (Å²) in [7, 11) is 0. The van der Waals surface area contributed by atoms with Gasteiger partial charge in [-0.15, -0.1) is 9.90 Å². The van der Waals surface area contributed by atoms with E-state index in [0.717, 1.165) is 18.5 Å². The van der Waals surface area contributed by atoms with Gasteiger partial charge in [0.1, 0.15) is 17.1 Å². The first kappa shape index (κ1) is 12.4. The van der Waals surface area contributed by atoms with Crippen LogP contribution in [-0.2, 0) is 6.42 Å². The maximum absolute atomic E-state index is 8.98. The molecule has 2 aromatic rings. The van der Waals surface area contributed by atoms with Gasteiger partial charge in [-0.25, -0.2) is 0 Å². The molecule has 98 valence electrons. The molecule has 0 amide bonds. The molecule has 19 heavy (non-hydrogen) atoms. The first-order valence-electron chi connectivity index (χ1n) is 5.82. The number of nitrogens with zero attached hydrogens (tertiary/aromatic N) is 4. The van der Waals surface area contributed by atoms with Crippen LogP contribution in [0.5, 0.6) is 0 Å². The van der Waals surface area contributed by atoms with Gasteiger partial charge in [0.2, 0.25) is 0 Å². The van der Waals surface area contributed by atoms with E-state index in [9.17, 15) is 0 Å². The summed E-state index contributed by atoms with van der Waals surface area (Å²) in [6.45, 7) is 0. The molecule has 1 aromatic heterocycles. The molecule has 1 aromatic carbocycles. The van der Waals surface area contributed by atoms with E-state index in [-0.39, 0.29) is 0 Å². The van der Waals surface area contributed by atoms with Crippen LogP contribution >= 0.6 is 23.2 Å². The van der Waals surface area contributed by atoms with Crippen molar-refractivity contribution in [2.75, 3.05) is 0 Å². The number of halogens is 2. The normalized spacial score (nSPS) is 16.6. The van der Waals surface area contributed by atoms with Crippen molar-refractivity contribution in [2.24, 2.45) is 5.16 Å². The summed E-state index contributed by atoms with van der Waals surface area (Å²) in [5.74, 6) is 0. The number of rotatable bonds is 1. The van der Waals surface area contributed by atoms with Crippen molar-refractivity contribution in [1.29, 1.82) is 0 Å². The van der Waals surface area contributed by atoms with Crippen LogP contribution in [-0.4, -0.2) is 25.9 Å².